The van der Waals surface area contributed by atoms with Crippen LogP contribution < -0.4 is 0 Å². The summed E-state index contributed by atoms with van der Waals surface area (Å²) in [4.78, 5) is 14.5. The standard InChI is InChI=1S/C15H17ClN2O2S/c1-10-12(15(16)20-17-10)4-5-14(19)18-7-2-3-13(18)11-6-8-21-9-11/h6,8-9,13H,2-5,7H2,1H3/t13-/m0/s1. The van der Waals surface area contributed by atoms with Gasteiger partial charge in [-0.15, -0.1) is 0 Å². The fourth-order valence-corrected chi connectivity index (χ4v) is 3.86. The fourth-order valence-electron chi connectivity index (χ4n) is 2.89. The lowest BCUT2D eigenvalue weighted by atomic mass is 10.1. The molecule has 1 aliphatic heterocycles. The van der Waals surface area contributed by atoms with Crippen LogP contribution in [0.3, 0.4) is 0 Å². The molecule has 4 nitrogen and oxygen atoms in total. The molecule has 1 atom stereocenters. The topological polar surface area (TPSA) is 46.3 Å². The average molecular weight is 325 g/mol. The Morgan fingerprint density at radius 2 is 2.48 bits per heavy atom. The normalized spacial score (nSPS) is 18.4. The summed E-state index contributed by atoms with van der Waals surface area (Å²) in [6.07, 6.45) is 3.15. The van der Waals surface area contributed by atoms with Gasteiger partial charge in [0.25, 0.3) is 0 Å². The van der Waals surface area contributed by atoms with Gasteiger partial charge in [0.05, 0.1) is 11.7 Å². The molecule has 0 saturated carbocycles. The molecule has 0 bridgehead atoms. The van der Waals surface area contributed by atoms with E-state index in [1.165, 1.54) is 5.56 Å². The molecule has 0 unspecified atom stereocenters. The minimum absolute atomic E-state index is 0.181. The number of amides is 1. The number of hydrogen-bond acceptors (Lipinski definition) is 4. The summed E-state index contributed by atoms with van der Waals surface area (Å²) in [5.41, 5.74) is 2.87. The molecule has 0 aliphatic carbocycles. The predicted octanol–water partition coefficient (Wildman–Crippen LogP) is 3.99. The number of aryl methyl sites for hydroxylation is 1. The van der Waals surface area contributed by atoms with Gasteiger partial charge < -0.3 is 9.42 Å². The van der Waals surface area contributed by atoms with Crippen LogP contribution in [0.5, 0.6) is 0 Å². The molecule has 112 valence electrons. The molecule has 2 aromatic rings. The highest BCUT2D eigenvalue weighted by atomic mass is 35.5. The Labute approximate surface area is 132 Å². The molecule has 1 aliphatic rings. The highest BCUT2D eigenvalue weighted by molar-refractivity contribution is 7.07. The summed E-state index contributed by atoms with van der Waals surface area (Å²) in [6, 6.07) is 2.35. The van der Waals surface area contributed by atoms with Gasteiger partial charge in [-0.05, 0) is 60.2 Å². The Balaban J connectivity index is 1.65. The molecular formula is C15H17ClN2O2S. The number of carbonyl (C=O) groups excluding carboxylic acids is 1. The summed E-state index contributed by atoms with van der Waals surface area (Å²) in [7, 11) is 0. The average Bonchev–Trinajstić information content (AvgIpc) is 3.18. The Morgan fingerprint density at radius 1 is 1.62 bits per heavy atom. The maximum Gasteiger partial charge on any atom is 0.229 e. The molecule has 21 heavy (non-hydrogen) atoms. The van der Waals surface area contributed by atoms with Crippen molar-refractivity contribution in [2.45, 2.75) is 38.6 Å². The minimum atomic E-state index is 0.181. The van der Waals surface area contributed by atoms with E-state index in [9.17, 15) is 4.79 Å². The maximum absolute atomic E-state index is 12.5. The van der Waals surface area contributed by atoms with Gasteiger partial charge in [-0.2, -0.15) is 11.3 Å². The van der Waals surface area contributed by atoms with E-state index in [-0.39, 0.29) is 11.9 Å². The third kappa shape index (κ3) is 2.99. The van der Waals surface area contributed by atoms with Crippen LogP contribution in [0.25, 0.3) is 0 Å². The van der Waals surface area contributed by atoms with E-state index in [1.807, 2.05) is 11.8 Å². The zero-order valence-electron chi connectivity index (χ0n) is 11.8. The van der Waals surface area contributed by atoms with Crippen LogP contribution in [0.2, 0.25) is 5.22 Å². The Hall–Kier alpha value is -1.33. The van der Waals surface area contributed by atoms with Gasteiger partial charge in [-0.25, -0.2) is 0 Å². The molecule has 1 fully saturated rings. The van der Waals surface area contributed by atoms with E-state index in [0.717, 1.165) is 30.6 Å². The van der Waals surface area contributed by atoms with Crippen LogP contribution in [0.1, 0.15) is 42.1 Å². The molecule has 3 heterocycles. The molecule has 6 heteroatoms. The van der Waals surface area contributed by atoms with Crippen molar-refractivity contribution >= 4 is 28.8 Å². The van der Waals surface area contributed by atoms with Gasteiger partial charge in [0.1, 0.15) is 0 Å². The van der Waals surface area contributed by atoms with Gasteiger partial charge in [-0.1, -0.05) is 5.16 Å². The first-order chi connectivity index (χ1) is 10.2. The second-order valence-electron chi connectivity index (χ2n) is 5.32. The van der Waals surface area contributed by atoms with Crippen molar-refractivity contribution in [2.24, 2.45) is 0 Å². The number of rotatable bonds is 4. The van der Waals surface area contributed by atoms with E-state index in [4.69, 9.17) is 16.1 Å². The molecule has 3 rings (SSSR count). The van der Waals surface area contributed by atoms with Gasteiger partial charge >= 0.3 is 0 Å². The van der Waals surface area contributed by atoms with Crippen molar-refractivity contribution in [3.8, 4) is 0 Å². The minimum Gasteiger partial charge on any atom is -0.344 e. The van der Waals surface area contributed by atoms with E-state index in [1.54, 1.807) is 11.3 Å². The van der Waals surface area contributed by atoms with Crippen molar-refractivity contribution in [1.29, 1.82) is 0 Å². The van der Waals surface area contributed by atoms with Crippen molar-refractivity contribution < 1.29 is 9.32 Å². The molecule has 2 aromatic heterocycles. The van der Waals surface area contributed by atoms with Gasteiger partial charge in [0.2, 0.25) is 11.1 Å². The van der Waals surface area contributed by atoms with Gasteiger partial charge in [0.15, 0.2) is 0 Å². The Kier molecular flexibility index (Phi) is 4.31. The highest BCUT2D eigenvalue weighted by Crippen LogP contribution is 2.33. The number of aromatic nitrogens is 1. The fraction of sp³-hybridized carbons (Fsp3) is 0.467. The summed E-state index contributed by atoms with van der Waals surface area (Å²) in [5.74, 6) is 0.181. The smallest absolute Gasteiger partial charge is 0.229 e. The molecule has 0 N–H and O–H groups in total. The molecular weight excluding hydrogens is 308 g/mol. The lowest BCUT2D eigenvalue weighted by molar-refractivity contribution is -0.132. The summed E-state index contributed by atoms with van der Waals surface area (Å²) in [6.45, 7) is 2.69. The first kappa shape index (κ1) is 14.6. The number of carbonyl (C=O) groups is 1. The van der Waals surface area contributed by atoms with E-state index in [2.05, 4.69) is 22.0 Å². The zero-order chi connectivity index (χ0) is 14.8. The summed E-state index contributed by atoms with van der Waals surface area (Å²) in [5, 5.41) is 8.32. The van der Waals surface area contributed by atoms with Crippen molar-refractivity contribution in [1.82, 2.24) is 10.1 Å². The molecule has 1 saturated heterocycles. The quantitative estimate of drug-likeness (QED) is 0.854. The lowest BCUT2D eigenvalue weighted by Crippen LogP contribution is -2.30. The van der Waals surface area contributed by atoms with Crippen LogP contribution >= 0.6 is 22.9 Å². The van der Waals surface area contributed by atoms with Crippen LogP contribution in [0, 0.1) is 6.92 Å². The Morgan fingerprint density at radius 3 is 3.14 bits per heavy atom. The summed E-state index contributed by atoms with van der Waals surface area (Å²) < 4.78 is 4.92. The molecule has 0 aromatic carbocycles. The molecule has 1 amide bonds. The third-order valence-corrected chi connectivity index (χ3v) is 5.03. The number of hydrogen-bond donors (Lipinski definition) is 0. The SMILES string of the molecule is Cc1noc(Cl)c1CCC(=O)N1CCC[C@H]1c1ccsc1. The number of nitrogens with zero attached hydrogens (tertiary/aromatic N) is 2. The second-order valence-corrected chi connectivity index (χ2v) is 6.45. The molecule has 0 radical (unpaired) electrons. The maximum atomic E-state index is 12.5. The monoisotopic (exact) mass is 324 g/mol. The van der Waals surface area contributed by atoms with Crippen LogP contribution in [0.4, 0.5) is 0 Å². The van der Waals surface area contributed by atoms with Crippen LogP contribution in [-0.2, 0) is 11.2 Å². The predicted molar refractivity (Wildman–Crippen MR) is 82.6 cm³/mol. The first-order valence-electron chi connectivity index (χ1n) is 7.09. The number of halogens is 1. The molecule has 0 spiro atoms. The van der Waals surface area contributed by atoms with Gasteiger partial charge in [-0.3, -0.25) is 4.79 Å². The third-order valence-electron chi connectivity index (χ3n) is 4.03. The highest BCUT2D eigenvalue weighted by Gasteiger charge is 2.30. The van der Waals surface area contributed by atoms with Gasteiger partial charge in [0, 0.05) is 18.5 Å². The van der Waals surface area contributed by atoms with Crippen molar-refractivity contribution in [2.75, 3.05) is 6.54 Å². The van der Waals surface area contributed by atoms with E-state index < -0.39 is 0 Å². The largest absolute Gasteiger partial charge is 0.344 e. The zero-order valence-corrected chi connectivity index (χ0v) is 13.4. The van der Waals surface area contributed by atoms with Crippen LogP contribution in [0.15, 0.2) is 21.3 Å². The van der Waals surface area contributed by atoms with E-state index >= 15 is 0 Å². The van der Waals surface area contributed by atoms with Crippen molar-refractivity contribution in [3.63, 3.8) is 0 Å². The van der Waals surface area contributed by atoms with E-state index in [0.29, 0.717) is 18.1 Å². The second kappa shape index (κ2) is 6.20. The number of likely N-dealkylation sites (tertiary alicyclic amines) is 1. The van der Waals surface area contributed by atoms with Crippen molar-refractivity contribution in [3.05, 3.63) is 38.9 Å². The van der Waals surface area contributed by atoms with Crippen LogP contribution in [-0.4, -0.2) is 22.5 Å². The number of thiophene rings is 1. The summed E-state index contributed by atoms with van der Waals surface area (Å²) >= 11 is 7.62. The first-order valence-corrected chi connectivity index (χ1v) is 8.41. The Bertz CT molecular complexity index is 604. The lowest BCUT2D eigenvalue weighted by Gasteiger charge is -2.24.